The molecule has 5 heteroatoms. The van der Waals surface area contributed by atoms with Crippen LogP contribution in [0.5, 0.6) is 5.75 Å². The smallest absolute Gasteiger partial charge is 0.287 e. The number of ether oxygens (including phenoxy) is 1. The van der Waals surface area contributed by atoms with Crippen molar-refractivity contribution in [2.45, 2.75) is 19.4 Å². The van der Waals surface area contributed by atoms with Gasteiger partial charge >= 0.3 is 0 Å². The molecule has 0 radical (unpaired) electrons. The van der Waals surface area contributed by atoms with E-state index in [1.54, 1.807) is 24.5 Å². The van der Waals surface area contributed by atoms with Crippen molar-refractivity contribution in [3.63, 3.8) is 0 Å². The minimum absolute atomic E-state index is 0.00406. The quantitative estimate of drug-likeness (QED) is 0.540. The van der Waals surface area contributed by atoms with Crippen LogP contribution >= 0.6 is 11.3 Å². The summed E-state index contributed by atoms with van der Waals surface area (Å²) in [6.07, 6.45) is 0.777. The first-order valence-electron chi connectivity index (χ1n) is 8.48. The number of methoxy groups -OCH3 is 1. The van der Waals surface area contributed by atoms with Crippen molar-refractivity contribution in [1.82, 2.24) is 5.32 Å². The van der Waals surface area contributed by atoms with Crippen molar-refractivity contribution in [2.24, 2.45) is 0 Å². The van der Waals surface area contributed by atoms with Gasteiger partial charge in [-0.3, -0.25) is 4.79 Å². The summed E-state index contributed by atoms with van der Waals surface area (Å²) in [6, 6.07) is 15.7. The molecule has 4 nitrogen and oxygen atoms in total. The number of para-hydroxylation sites is 1. The number of rotatable bonds is 5. The van der Waals surface area contributed by atoms with Crippen LogP contribution in [0.1, 0.15) is 23.0 Å². The topological polar surface area (TPSA) is 51.5 Å². The molecule has 0 aliphatic rings. The molecule has 2 aromatic carbocycles. The summed E-state index contributed by atoms with van der Waals surface area (Å²) in [5.74, 6) is 0.709. The molecule has 0 fully saturated rings. The molecule has 1 amide bonds. The maximum absolute atomic E-state index is 12.6. The van der Waals surface area contributed by atoms with Crippen molar-refractivity contribution >= 4 is 38.3 Å². The van der Waals surface area contributed by atoms with Crippen LogP contribution in [0.25, 0.3) is 21.1 Å². The molecule has 0 spiro atoms. The van der Waals surface area contributed by atoms with Crippen molar-refractivity contribution in [3.8, 4) is 5.75 Å². The molecule has 2 aromatic heterocycles. The van der Waals surface area contributed by atoms with Crippen LogP contribution in [0.3, 0.4) is 0 Å². The molecule has 1 N–H and O–H groups in total. The van der Waals surface area contributed by atoms with Gasteiger partial charge in [-0.1, -0.05) is 30.3 Å². The van der Waals surface area contributed by atoms with Crippen LogP contribution in [0.15, 0.2) is 58.3 Å². The van der Waals surface area contributed by atoms with E-state index in [1.165, 1.54) is 15.6 Å². The molecular formula is C21H19NO3S. The number of thiophene rings is 1. The van der Waals surface area contributed by atoms with E-state index in [9.17, 15) is 4.79 Å². The number of hydrogen-bond donors (Lipinski definition) is 1. The van der Waals surface area contributed by atoms with E-state index in [0.717, 1.165) is 11.8 Å². The van der Waals surface area contributed by atoms with E-state index in [2.05, 4.69) is 22.8 Å². The maximum Gasteiger partial charge on any atom is 0.287 e. The Kier molecular flexibility index (Phi) is 4.39. The van der Waals surface area contributed by atoms with Crippen LogP contribution in [0.4, 0.5) is 0 Å². The lowest BCUT2D eigenvalue weighted by atomic mass is 10.1. The zero-order valence-corrected chi connectivity index (χ0v) is 15.4. The normalized spacial score (nSPS) is 12.4. The Morgan fingerprint density at radius 2 is 2.08 bits per heavy atom. The van der Waals surface area contributed by atoms with E-state index >= 15 is 0 Å². The number of benzene rings is 2. The summed E-state index contributed by atoms with van der Waals surface area (Å²) >= 11 is 1.73. The highest BCUT2D eigenvalue weighted by Gasteiger charge is 2.17. The highest BCUT2D eigenvalue weighted by Crippen LogP contribution is 2.29. The van der Waals surface area contributed by atoms with Crippen LogP contribution in [-0.4, -0.2) is 19.1 Å². The second kappa shape index (κ2) is 6.84. The zero-order valence-electron chi connectivity index (χ0n) is 14.6. The average molecular weight is 365 g/mol. The van der Waals surface area contributed by atoms with Crippen molar-refractivity contribution in [3.05, 3.63) is 65.2 Å². The monoisotopic (exact) mass is 365 g/mol. The molecule has 0 aliphatic heterocycles. The van der Waals surface area contributed by atoms with Gasteiger partial charge in [0, 0.05) is 16.1 Å². The molecule has 2 heterocycles. The minimum atomic E-state index is -0.213. The Morgan fingerprint density at radius 3 is 2.92 bits per heavy atom. The molecule has 0 saturated heterocycles. The first-order valence-corrected chi connectivity index (χ1v) is 9.36. The molecule has 132 valence electrons. The fraction of sp³-hybridized carbons (Fsp3) is 0.190. The minimum Gasteiger partial charge on any atom is -0.493 e. The summed E-state index contributed by atoms with van der Waals surface area (Å²) in [7, 11) is 1.59. The lowest BCUT2D eigenvalue weighted by Crippen LogP contribution is -2.33. The largest absolute Gasteiger partial charge is 0.493 e. The Balaban J connectivity index is 1.51. The van der Waals surface area contributed by atoms with Gasteiger partial charge in [-0.05, 0) is 47.9 Å². The van der Waals surface area contributed by atoms with Crippen LogP contribution in [-0.2, 0) is 6.42 Å². The van der Waals surface area contributed by atoms with Crippen molar-refractivity contribution in [2.75, 3.05) is 7.11 Å². The fourth-order valence-corrected chi connectivity index (χ4v) is 4.15. The van der Waals surface area contributed by atoms with Crippen LogP contribution in [0.2, 0.25) is 0 Å². The molecule has 26 heavy (non-hydrogen) atoms. The molecule has 0 aliphatic carbocycles. The summed E-state index contributed by atoms with van der Waals surface area (Å²) in [5.41, 5.74) is 1.85. The Morgan fingerprint density at radius 1 is 1.23 bits per heavy atom. The SMILES string of the molecule is COc1cccc2cc(C(=O)N[C@@H](C)Cc3csc4ccccc34)oc12. The standard InChI is InChI=1S/C21H19NO3S/c1-13(10-15-12-26-19-9-4-3-7-16(15)19)22-21(23)18-11-14-6-5-8-17(24-2)20(14)25-18/h3-9,11-13H,10H2,1-2H3,(H,22,23)/t13-/m0/s1. The molecule has 0 bridgehead atoms. The lowest BCUT2D eigenvalue weighted by molar-refractivity contribution is 0.0914. The number of hydrogen-bond acceptors (Lipinski definition) is 4. The first kappa shape index (κ1) is 16.7. The molecule has 4 rings (SSSR count). The van der Waals surface area contributed by atoms with E-state index in [0.29, 0.717) is 17.1 Å². The van der Waals surface area contributed by atoms with E-state index < -0.39 is 0 Å². The third-order valence-electron chi connectivity index (χ3n) is 4.42. The summed E-state index contributed by atoms with van der Waals surface area (Å²) in [6.45, 7) is 2.01. The van der Waals surface area contributed by atoms with Gasteiger partial charge in [0.15, 0.2) is 17.1 Å². The van der Waals surface area contributed by atoms with Gasteiger partial charge in [0.05, 0.1) is 7.11 Å². The lowest BCUT2D eigenvalue weighted by Gasteiger charge is -2.12. The Bertz CT molecular complexity index is 1080. The third kappa shape index (κ3) is 3.06. The number of fused-ring (bicyclic) bond motifs is 2. The second-order valence-electron chi connectivity index (χ2n) is 6.33. The van der Waals surface area contributed by atoms with Crippen LogP contribution < -0.4 is 10.1 Å². The number of furan rings is 1. The Hall–Kier alpha value is -2.79. The van der Waals surface area contributed by atoms with E-state index in [-0.39, 0.29) is 11.9 Å². The first-order chi connectivity index (χ1) is 12.7. The number of carbonyl (C=O) groups excluding carboxylic acids is 1. The van der Waals surface area contributed by atoms with E-state index in [1.807, 2.05) is 37.3 Å². The number of amides is 1. The van der Waals surface area contributed by atoms with Crippen molar-refractivity contribution in [1.29, 1.82) is 0 Å². The van der Waals surface area contributed by atoms with E-state index in [4.69, 9.17) is 9.15 Å². The van der Waals surface area contributed by atoms with Gasteiger partial charge in [-0.2, -0.15) is 0 Å². The second-order valence-corrected chi connectivity index (χ2v) is 7.24. The predicted molar refractivity (Wildman–Crippen MR) is 105 cm³/mol. The average Bonchev–Trinajstić information content (AvgIpc) is 3.26. The highest BCUT2D eigenvalue weighted by molar-refractivity contribution is 7.17. The van der Waals surface area contributed by atoms with Gasteiger partial charge in [-0.15, -0.1) is 11.3 Å². The molecule has 0 unspecified atom stereocenters. The highest BCUT2D eigenvalue weighted by atomic mass is 32.1. The predicted octanol–water partition coefficient (Wildman–Crippen LogP) is 5.02. The molecule has 1 atom stereocenters. The molecule has 0 saturated carbocycles. The van der Waals surface area contributed by atoms with Gasteiger partial charge < -0.3 is 14.5 Å². The molecule has 4 aromatic rings. The Labute approximate surface area is 155 Å². The molecular weight excluding hydrogens is 346 g/mol. The summed E-state index contributed by atoms with van der Waals surface area (Å²) in [4.78, 5) is 12.6. The van der Waals surface area contributed by atoms with Gasteiger partial charge in [0.1, 0.15) is 0 Å². The van der Waals surface area contributed by atoms with Gasteiger partial charge in [0.2, 0.25) is 0 Å². The van der Waals surface area contributed by atoms with Crippen molar-refractivity contribution < 1.29 is 13.9 Å². The fourth-order valence-electron chi connectivity index (χ4n) is 3.18. The van der Waals surface area contributed by atoms with Gasteiger partial charge in [-0.25, -0.2) is 0 Å². The summed E-state index contributed by atoms with van der Waals surface area (Å²) < 4.78 is 12.3. The third-order valence-corrected chi connectivity index (χ3v) is 5.43. The van der Waals surface area contributed by atoms with Gasteiger partial charge in [0.25, 0.3) is 5.91 Å². The maximum atomic E-state index is 12.6. The summed E-state index contributed by atoms with van der Waals surface area (Å²) in [5, 5.41) is 7.30. The zero-order chi connectivity index (χ0) is 18.1. The van der Waals surface area contributed by atoms with Crippen LogP contribution in [0, 0.1) is 0 Å². The number of carbonyl (C=O) groups is 1. The number of nitrogens with one attached hydrogen (secondary N) is 1.